The quantitative estimate of drug-likeness (QED) is 0.156. The Morgan fingerprint density at radius 3 is 1.51 bits per heavy atom. The molecule has 0 radical (unpaired) electrons. The van der Waals surface area contributed by atoms with Gasteiger partial charge in [0, 0.05) is 10.8 Å². The van der Waals surface area contributed by atoms with Gasteiger partial charge in [-0.15, -0.1) is 0 Å². The second-order valence-corrected chi connectivity index (χ2v) is 22.0. The second-order valence-electron chi connectivity index (χ2n) is 22.0. The van der Waals surface area contributed by atoms with Crippen LogP contribution in [0.1, 0.15) is 193 Å². The molecule has 0 nitrogen and oxygen atoms in total. The minimum Gasteiger partial charge on any atom is -0.0839 e. The summed E-state index contributed by atoms with van der Waals surface area (Å²) in [6.45, 7) is 33.3. The van der Waals surface area contributed by atoms with Crippen molar-refractivity contribution in [2.45, 2.75) is 178 Å². The molecule has 0 aromatic heterocycles. The number of benzene rings is 7. The van der Waals surface area contributed by atoms with Gasteiger partial charge in [0.2, 0.25) is 0 Å². The minimum absolute atomic E-state index is 0.142. The van der Waals surface area contributed by atoms with E-state index in [0.717, 1.165) is 0 Å². The van der Waals surface area contributed by atoms with Crippen LogP contribution < -0.4 is 0 Å². The molecule has 0 bridgehead atoms. The van der Waals surface area contributed by atoms with Crippen LogP contribution in [0, 0.1) is 34.6 Å². The number of rotatable bonds is 6. The molecule has 0 amide bonds. The van der Waals surface area contributed by atoms with E-state index in [1.807, 2.05) is 13.8 Å². The molecule has 0 spiro atoms. The third-order valence-corrected chi connectivity index (χ3v) is 16.0. The molecular weight excluding hydrogens is 877 g/mol. The van der Waals surface area contributed by atoms with Gasteiger partial charge in [0.1, 0.15) is 0 Å². The Morgan fingerprint density at radius 2 is 0.945 bits per heavy atom. The van der Waals surface area contributed by atoms with Crippen LogP contribution in [0.3, 0.4) is 0 Å². The summed E-state index contributed by atoms with van der Waals surface area (Å²) in [5.41, 5.74) is 28.8. The Balaban J connectivity index is 0.000000153. The maximum atomic E-state index is 2.42. The van der Waals surface area contributed by atoms with Gasteiger partial charge >= 0.3 is 0 Å². The smallest absolute Gasteiger partial charge is 0.0159 e. The molecule has 1 unspecified atom stereocenters. The molecule has 1 saturated carbocycles. The standard InChI is InChI=1S/C18H20.C17H18.C17H20.C15H18.C4H8.C2H6/c1-4-7-13-10-11-15-14-8-5-6-9-16(14)18(2,3)17(15)12-13;1-11-5-7-13-14-8-6-12(2)10-16(14)17(3,4)15(13)9-11;1-4-13(2)15-10-7-8-12-17(15)16-11-6-5-9-14(16)3;1-11-8-6-10-15(13(11)3)14-9-5-4-7-12(14)2;1-2-4-3-1;1-2/h5-6,8-12H,4,7H2,1-3H3;5-10H,1-4H3;5-13H,4H2,1-3H3;4,6-8,10H,5,9H2,1-3H3;1-4H2;1-2H3. The molecule has 0 aliphatic heterocycles. The van der Waals surface area contributed by atoms with Crippen LogP contribution in [-0.2, 0) is 17.3 Å². The third kappa shape index (κ3) is 13.0. The van der Waals surface area contributed by atoms with Gasteiger partial charge in [-0.1, -0.05) is 263 Å². The first-order valence-electron chi connectivity index (χ1n) is 28.1. The Bertz CT molecular complexity index is 2930. The van der Waals surface area contributed by atoms with Gasteiger partial charge in [0.15, 0.2) is 0 Å². The summed E-state index contributed by atoms with van der Waals surface area (Å²) in [5.74, 6) is 0.616. The van der Waals surface area contributed by atoms with Crippen molar-refractivity contribution in [3.05, 3.63) is 230 Å². The molecule has 0 saturated heterocycles. The number of fused-ring (bicyclic) bond motifs is 6. The van der Waals surface area contributed by atoms with Crippen molar-refractivity contribution < 1.29 is 0 Å². The van der Waals surface area contributed by atoms with Crippen LogP contribution in [0.5, 0.6) is 0 Å². The van der Waals surface area contributed by atoms with Crippen LogP contribution in [-0.4, -0.2) is 0 Å². The van der Waals surface area contributed by atoms with Gasteiger partial charge in [0.05, 0.1) is 0 Å². The van der Waals surface area contributed by atoms with E-state index in [9.17, 15) is 0 Å². The SMILES string of the molecule is C1CCC1.CC.CC1=C(c2cccc(C)c2C)CCC=C1.CCC(C)c1ccccc1-c1ccccc1C.CCCc1ccc2c(c1)C(C)(C)c1ccccc1-2.Cc1ccc2c(c1)C(C)(C)c1cc(C)ccc1-2. The third-order valence-electron chi connectivity index (χ3n) is 16.0. The van der Waals surface area contributed by atoms with Gasteiger partial charge in [-0.25, -0.2) is 0 Å². The Morgan fingerprint density at radius 1 is 0.466 bits per heavy atom. The predicted molar refractivity (Wildman–Crippen MR) is 324 cm³/mol. The van der Waals surface area contributed by atoms with E-state index in [1.165, 1.54) is 169 Å². The first kappa shape index (κ1) is 56.3. The van der Waals surface area contributed by atoms with Crippen molar-refractivity contribution >= 4 is 5.57 Å². The van der Waals surface area contributed by atoms with E-state index < -0.39 is 0 Å². The molecule has 0 heteroatoms. The lowest BCUT2D eigenvalue weighted by molar-refractivity contribution is 0.504. The van der Waals surface area contributed by atoms with Gasteiger partial charge in [-0.2, -0.15) is 0 Å². The van der Waals surface area contributed by atoms with E-state index in [-0.39, 0.29) is 10.8 Å². The number of hydrogen-bond acceptors (Lipinski definition) is 0. The molecule has 7 aromatic carbocycles. The minimum atomic E-state index is 0.142. The zero-order chi connectivity index (χ0) is 52.9. The van der Waals surface area contributed by atoms with Gasteiger partial charge < -0.3 is 0 Å². The van der Waals surface area contributed by atoms with E-state index in [1.54, 1.807) is 0 Å². The largest absolute Gasteiger partial charge is 0.0839 e. The summed E-state index contributed by atoms with van der Waals surface area (Å²) in [7, 11) is 0. The van der Waals surface area contributed by atoms with Crippen LogP contribution >= 0.6 is 0 Å². The predicted octanol–water partition coefficient (Wildman–Crippen LogP) is 21.7. The highest BCUT2D eigenvalue weighted by atomic mass is 14.4. The van der Waals surface area contributed by atoms with Crippen LogP contribution in [0.15, 0.2) is 163 Å². The molecule has 73 heavy (non-hydrogen) atoms. The van der Waals surface area contributed by atoms with Crippen molar-refractivity contribution in [1.82, 2.24) is 0 Å². The summed E-state index contributed by atoms with van der Waals surface area (Å²) in [4.78, 5) is 0. The summed E-state index contributed by atoms with van der Waals surface area (Å²) in [6.07, 6.45) is 16.5. The highest BCUT2D eigenvalue weighted by Crippen LogP contribution is 2.50. The maximum absolute atomic E-state index is 2.42. The summed E-state index contributed by atoms with van der Waals surface area (Å²) < 4.78 is 0. The zero-order valence-electron chi connectivity index (χ0n) is 48.0. The highest BCUT2D eigenvalue weighted by Gasteiger charge is 2.36. The second kappa shape index (κ2) is 25.8. The fourth-order valence-corrected chi connectivity index (χ4v) is 10.9. The van der Waals surface area contributed by atoms with Crippen LogP contribution in [0.4, 0.5) is 0 Å². The molecule has 1 atom stereocenters. The fraction of sp³-hybridized carbons (Fsp3) is 0.370. The van der Waals surface area contributed by atoms with E-state index in [2.05, 4.69) is 248 Å². The molecule has 4 aliphatic carbocycles. The Labute approximate surface area is 445 Å². The maximum Gasteiger partial charge on any atom is 0.0159 e. The monoisotopic (exact) mass is 967 g/mol. The fourth-order valence-electron chi connectivity index (χ4n) is 10.9. The number of aryl methyl sites for hydroxylation is 5. The van der Waals surface area contributed by atoms with Crippen molar-refractivity contribution in [3.8, 4) is 33.4 Å². The van der Waals surface area contributed by atoms with Gasteiger partial charge in [0.25, 0.3) is 0 Å². The van der Waals surface area contributed by atoms with Gasteiger partial charge in [-0.05, 0) is 173 Å². The average Bonchev–Trinajstić information content (AvgIpc) is 3.74. The topological polar surface area (TPSA) is 0 Å². The lowest BCUT2D eigenvalue weighted by Gasteiger charge is -2.22. The van der Waals surface area contributed by atoms with Crippen molar-refractivity contribution in [2.75, 3.05) is 0 Å². The molecule has 1 fully saturated rings. The molecule has 11 rings (SSSR count). The molecule has 382 valence electrons. The molecule has 7 aromatic rings. The average molecular weight is 968 g/mol. The molecule has 0 N–H and O–H groups in total. The molecule has 4 aliphatic rings. The van der Waals surface area contributed by atoms with E-state index in [4.69, 9.17) is 0 Å². The zero-order valence-corrected chi connectivity index (χ0v) is 48.0. The highest BCUT2D eigenvalue weighted by molar-refractivity contribution is 5.82. The first-order chi connectivity index (χ1) is 35.1. The summed E-state index contributed by atoms with van der Waals surface area (Å²) >= 11 is 0. The van der Waals surface area contributed by atoms with Crippen molar-refractivity contribution in [2.24, 2.45) is 0 Å². The summed E-state index contributed by atoms with van der Waals surface area (Å²) in [6, 6.07) is 53.5. The Kier molecular flexibility index (Phi) is 19.9. The van der Waals surface area contributed by atoms with Crippen LogP contribution in [0.25, 0.3) is 39.0 Å². The number of allylic oxidation sites excluding steroid dienone is 4. The number of hydrogen-bond donors (Lipinski definition) is 0. The Hall–Kier alpha value is -5.98. The molecular formula is C73H90. The normalized spacial score (nSPS) is 14.9. The van der Waals surface area contributed by atoms with Crippen LogP contribution in [0.2, 0.25) is 0 Å². The summed E-state index contributed by atoms with van der Waals surface area (Å²) in [5, 5.41) is 0. The van der Waals surface area contributed by atoms with Gasteiger partial charge in [-0.3, -0.25) is 0 Å². The lowest BCUT2D eigenvalue weighted by Crippen LogP contribution is -2.15. The van der Waals surface area contributed by atoms with E-state index in [0.29, 0.717) is 5.92 Å². The van der Waals surface area contributed by atoms with Crippen molar-refractivity contribution in [3.63, 3.8) is 0 Å². The molecule has 0 heterocycles. The lowest BCUT2D eigenvalue weighted by atomic mass is 9.81. The van der Waals surface area contributed by atoms with E-state index >= 15 is 0 Å². The first-order valence-corrected chi connectivity index (χ1v) is 28.1. The van der Waals surface area contributed by atoms with Crippen molar-refractivity contribution in [1.29, 1.82) is 0 Å².